The van der Waals surface area contributed by atoms with Gasteiger partial charge < -0.3 is 20.9 Å². The van der Waals surface area contributed by atoms with Gasteiger partial charge in [0.05, 0.1) is 6.04 Å². The van der Waals surface area contributed by atoms with Gasteiger partial charge in [0, 0.05) is 6.42 Å². The monoisotopic (exact) mass is 350 g/mol. The fraction of sp³-hybridized carbons (Fsp3) is 0.500. The molecule has 0 bridgehead atoms. The van der Waals surface area contributed by atoms with Crippen molar-refractivity contribution >= 4 is 17.8 Å². The molecule has 1 aromatic rings. The maximum Gasteiger partial charge on any atom is 0.326 e. The minimum Gasteiger partial charge on any atom is -0.480 e. The number of ether oxygens (including phenoxy) is 1. The molecular weight excluding hydrogens is 324 g/mol. The third-order valence-corrected chi connectivity index (χ3v) is 3.56. The lowest BCUT2D eigenvalue weighted by Gasteiger charge is -2.19. The number of carbonyl (C=O) groups excluding carboxylic acids is 2. The molecule has 1 aromatic carbocycles. The molecular formula is C18H26N2O5. The summed E-state index contributed by atoms with van der Waals surface area (Å²) in [6.45, 7) is 3.89. The molecule has 7 heteroatoms. The van der Waals surface area contributed by atoms with Crippen LogP contribution in [-0.4, -0.2) is 35.0 Å². The molecule has 0 saturated heterocycles. The fourth-order valence-corrected chi connectivity index (χ4v) is 2.19. The Morgan fingerprint density at radius 1 is 1.20 bits per heavy atom. The van der Waals surface area contributed by atoms with Crippen LogP contribution in [0.25, 0.3) is 0 Å². The quantitative estimate of drug-likeness (QED) is 0.550. The number of benzene rings is 1. The van der Waals surface area contributed by atoms with E-state index in [0.717, 1.165) is 5.56 Å². The van der Waals surface area contributed by atoms with E-state index in [9.17, 15) is 14.4 Å². The first kappa shape index (κ1) is 20.6. The summed E-state index contributed by atoms with van der Waals surface area (Å²) in [5.74, 6) is -2.02. The molecule has 138 valence electrons. The number of aliphatic carboxylic acids is 1. The normalized spacial score (nSPS) is 13.1. The van der Waals surface area contributed by atoms with Crippen LogP contribution >= 0.6 is 0 Å². The molecule has 0 aliphatic carbocycles. The molecule has 0 heterocycles. The number of carboxylic acids is 1. The number of amides is 1. The van der Waals surface area contributed by atoms with E-state index in [0.29, 0.717) is 6.42 Å². The predicted molar refractivity (Wildman–Crippen MR) is 92.5 cm³/mol. The van der Waals surface area contributed by atoms with Gasteiger partial charge >= 0.3 is 11.9 Å². The van der Waals surface area contributed by atoms with Crippen molar-refractivity contribution in [3.8, 4) is 0 Å². The summed E-state index contributed by atoms with van der Waals surface area (Å²) in [5.41, 5.74) is 6.61. The summed E-state index contributed by atoms with van der Waals surface area (Å²) in [4.78, 5) is 34.8. The highest BCUT2D eigenvalue weighted by molar-refractivity contribution is 5.87. The van der Waals surface area contributed by atoms with E-state index in [4.69, 9.17) is 15.6 Å². The minimum absolute atomic E-state index is 0.0106. The van der Waals surface area contributed by atoms with Crippen LogP contribution in [0.2, 0.25) is 0 Å². The van der Waals surface area contributed by atoms with Gasteiger partial charge in [-0.15, -0.1) is 0 Å². The maximum atomic E-state index is 12.0. The molecule has 0 aromatic heterocycles. The topological polar surface area (TPSA) is 119 Å². The standard InChI is InChI=1S/C18H26N2O5/c1-12(2)10-15(18(23)24)20-17(22)14(19)8-9-16(21)25-11-13-6-4-3-5-7-13/h3-7,12,14-15H,8-11,19H2,1-2H3,(H,20,22)(H,23,24)/t14-,15-/m0/s1. The molecule has 0 fully saturated rings. The van der Waals surface area contributed by atoms with Gasteiger partial charge in [0.2, 0.25) is 5.91 Å². The second-order valence-corrected chi connectivity index (χ2v) is 6.32. The van der Waals surface area contributed by atoms with Crippen molar-refractivity contribution in [3.63, 3.8) is 0 Å². The van der Waals surface area contributed by atoms with Crippen LogP contribution in [-0.2, 0) is 25.7 Å². The molecule has 2 atom stereocenters. The molecule has 0 radical (unpaired) electrons. The van der Waals surface area contributed by atoms with E-state index in [1.165, 1.54) is 0 Å². The van der Waals surface area contributed by atoms with E-state index in [2.05, 4.69) is 5.32 Å². The number of hydrogen-bond donors (Lipinski definition) is 3. The number of carbonyl (C=O) groups is 3. The zero-order chi connectivity index (χ0) is 18.8. The molecule has 0 aliphatic heterocycles. The first-order chi connectivity index (χ1) is 11.8. The van der Waals surface area contributed by atoms with E-state index >= 15 is 0 Å². The van der Waals surface area contributed by atoms with Gasteiger partial charge in [-0.25, -0.2) is 4.79 Å². The average Bonchev–Trinajstić information content (AvgIpc) is 2.57. The van der Waals surface area contributed by atoms with Crippen LogP contribution in [0.15, 0.2) is 30.3 Å². The third-order valence-electron chi connectivity index (χ3n) is 3.56. The Morgan fingerprint density at radius 3 is 2.40 bits per heavy atom. The molecule has 1 amide bonds. The van der Waals surface area contributed by atoms with E-state index in [1.54, 1.807) is 0 Å². The highest BCUT2D eigenvalue weighted by Crippen LogP contribution is 2.07. The number of nitrogens with two attached hydrogens (primary N) is 1. The second-order valence-electron chi connectivity index (χ2n) is 6.32. The van der Waals surface area contributed by atoms with Crippen LogP contribution in [0.1, 0.15) is 38.7 Å². The Labute approximate surface area is 147 Å². The van der Waals surface area contributed by atoms with E-state index in [-0.39, 0.29) is 25.4 Å². The van der Waals surface area contributed by atoms with Crippen LogP contribution in [0, 0.1) is 5.92 Å². The van der Waals surface area contributed by atoms with Crippen molar-refractivity contribution in [2.24, 2.45) is 11.7 Å². The lowest BCUT2D eigenvalue weighted by molar-refractivity contribution is -0.145. The van der Waals surface area contributed by atoms with Gasteiger partial charge in [-0.05, 0) is 24.3 Å². The number of rotatable bonds is 10. The Hall–Kier alpha value is -2.41. The minimum atomic E-state index is -1.10. The summed E-state index contributed by atoms with van der Waals surface area (Å²) in [5, 5.41) is 11.5. The van der Waals surface area contributed by atoms with Crippen LogP contribution in [0.5, 0.6) is 0 Å². The number of hydrogen-bond acceptors (Lipinski definition) is 5. The van der Waals surface area contributed by atoms with Gasteiger partial charge in [0.25, 0.3) is 0 Å². The maximum absolute atomic E-state index is 12.0. The van der Waals surface area contributed by atoms with Gasteiger partial charge in [0.1, 0.15) is 12.6 Å². The Kier molecular flexibility index (Phi) is 8.63. The number of nitrogens with one attached hydrogen (secondary N) is 1. The van der Waals surface area contributed by atoms with E-state index in [1.807, 2.05) is 44.2 Å². The third kappa shape index (κ3) is 8.30. The summed E-state index contributed by atoms with van der Waals surface area (Å²) in [7, 11) is 0. The fourth-order valence-electron chi connectivity index (χ4n) is 2.19. The zero-order valence-electron chi connectivity index (χ0n) is 14.6. The van der Waals surface area contributed by atoms with Gasteiger partial charge in [-0.2, -0.15) is 0 Å². The van der Waals surface area contributed by atoms with Crippen molar-refractivity contribution in [3.05, 3.63) is 35.9 Å². The Bertz CT molecular complexity index is 574. The van der Waals surface area contributed by atoms with Crippen molar-refractivity contribution in [2.75, 3.05) is 0 Å². The molecule has 25 heavy (non-hydrogen) atoms. The largest absolute Gasteiger partial charge is 0.480 e. The van der Waals surface area contributed by atoms with Gasteiger partial charge in [-0.3, -0.25) is 9.59 Å². The molecule has 7 nitrogen and oxygen atoms in total. The molecule has 1 rings (SSSR count). The predicted octanol–water partition coefficient (Wildman–Crippen LogP) is 1.45. The summed E-state index contributed by atoms with van der Waals surface area (Å²) in [6.07, 6.45) is 0.393. The second kappa shape index (κ2) is 10.5. The Balaban J connectivity index is 2.36. The summed E-state index contributed by atoms with van der Waals surface area (Å²) < 4.78 is 5.11. The van der Waals surface area contributed by atoms with Crippen molar-refractivity contribution in [1.82, 2.24) is 5.32 Å². The Morgan fingerprint density at radius 2 is 1.84 bits per heavy atom. The highest BCUT2D eigenvalue weighted by Gasteiger charge is 2.24. The van der Waals surface area contributed by atoms with Crippen molar-refractivity contribution in [1.29, 1.82) is 0 Å². The molecule has 0 saturated carbocycles. The first-order valence-corrected chi connectivity index (χ1v) is 8.28. The molecule has 0 spiro atoms. The average molecular weight is 350 g/mol. The van der Waals surface area contributed by atoms with Crippen molar-refractivity contribution in [2.45, 2.75) is 51.8 Å². The van der Waals surface area contributed by atoms with Crippen LogP contribution in [0.4, 0.5) is 0 Å². The van der Waals surface area contributed by atoms with Crippen LogP contribution < -0.4 is 11.1 Å². The summed E-state index contributed by atoms with van der Waals surface area (Å²) >= 11 is 0. The van der Waals surface area contributed by atoms with Crippen LogP contribution in [0.3, 0.4) is 0 Å². The zero-order valence-corrected chi connectivity index (χ0v) is 14.6. The highest BCUT2D eigenvalue weighted by atomic mass is 16.5. The van der Waals surface area contributed by atoms with Crippen molar-refractivity contribution < 1.29 is 24.2 Å². The smallest absolute Gasteiger partial charge is 0.326 e. The molecule has 4 N–H and O–H groups in total. The molecule has 0 unspecified atom stereocenters. The van der Waals surface area contributed by atoms with E-state index < -0.39 is 29.9 Å². The molecule has 0 aliphatic rings. The summed E-state index contributed by atoms with van der Waals surface area (Å²) in [6, 6.07) is 7.30. The lowest BCUT2D eigenvalue weighted by atomic mass is 10.0. The number of esters is 1. The SMILES string of the molecule is CC(C)C[C@H](NC(=O)[C@@H](N)CCC(=O)OCc1ccccc1)C(=O)O. The lowest BCUT2D eigenvalue weighted by Crippen LogP contribution is -2.49. The van der Waals surface area contributed by atoms with Gasteiger partial charge in [0.15, 0.2) is 0 Å². The van der Waals surface area contributed by atoms with Gasteiger partial charge in [-0.1, -0.05) is 44.2 Å². The first-order valence-electron chi connectivity index (χ1n) is 8.28. The number of carboxylic acid groups (broad SMARTS) is 1.